The van der Waals surface area contributed by atoms with E-state index in [-0.39, 0.29) is 5.91 Å². The molecule has 0 atom stereocenters. The lowest BCUT2D eigenvalue weighted by Gasteiger charge is -2.22. The lowest BCUT2D eigenvalue weighted by Crippen LogP contribution is -2.35. The van der Waals surface area contributed by atoms with Gasteiger partial charge < -0.3 is 5.32 Å². The Kier molecular flexibility index (Phi) is 6.62. The van der Waals surface area contributed by atoms with Crippen LogP contribution in [0, 0.1) is 0 Å². The molecule has 1 aliphatic rings. The van der Waals surface area contributed by atoms with Gasteiger partial charge in [-0.1, -0.05) is 56.0 Å². The minimum Gasteiger partial charge on any atom is -0.353 e. The van der Waals surface area contributed by atoms with Gasteiger partial charge in [0, 0.05) is 12.5 Å². The Morgan fingerprint density at radius 3 is 2.50 bits per heavy atom. The number of hydrogen-bond donors (Lipinski definition) is 1. The van der Waals surface area contributed by atoms with Crippen LogP contribution < -0.4 is 5.32 Å². The van der Waals surface area contributed by atoms with Gasteiger partial charge in [0.15, 0.2) is 0 Å². The van der Waals surface area contributed by atoms with E-state index in [1.165, 1.54) is 44.1 Å². The summed E-state index contributed by atoms with van der Waals surface area (Å²) in [6.07, 6.45) is 11.4. The highest BCUT2D eigenvalue weighted by molar-refractivity contribution is 5.76. The third-order valence-corrected chi connectivity index (χ3v) is 4.18. The average molecular weight is 273 g/mol. The van der Waals surface area contributed by atoms with Crippen molar-refractivity contribution < 1.29 is 4.79 Å². The van der Waals surface area contributed by atoms with E-state index in [0.29, 0.717) is 12.5 Å². The molecule has 1 aliphatic carbocycles. The Hall–Kier alpha value is -1.31. The van der Waals surface area contributed by atoms with Crippen molar-refractivity contribution in [1.82, 2.24) is 5.32 Å². The van der Waals surface area contributed by atoms with Crippen molar-refractivity contribution in [2.45, 2.75) is 70.3 Å². The summed E-state index contributed by atoms with van der Waals surface area (Å²) in [5, 5.41) is 3.19. The van der Waals surface area contributed by atoms with E-state index < -0.39 is 0 Å². The van der Waals surface area contributed by atoms with Crippen molar-refractivity contribution in [3.05, 3.63) is 35.9 Å². The predicted molar refractivity (Wildman–Crippen MR) is 83.6 cm³/mol. The molecule has 0 aliphatic heterocycles. The van der Waals surface area contributed by atoms with Gasteiger partial charge in [-0.05, 0) is 37.7 Å². The smallest absolute Gasteiger partial charge is 0.220 e. The van der Waals surface area contributed by atoms with Crippen LogP contribution in [0.1, 0.15) is 63.4 Å². The molecule has 1 aromatic rings. The Balaban J connectivity index is 1.51. The quantitative estimate of drug-likeness (QED) is 0.740. The molecule has 0 saturated heterocycles. The first-order valence-electron chi connectivity index (χ1n) is 8.18. The molecule has 110 valence electrons. The van der Waals surface area contributed by atoms with Gasteiger partial charge in [0.2, 0.25) is 5.91 Å². The molecule has 0 bridgehead atoms. The summed E-state index contributed by atoms with van der Waals surface area (Å²) in [7, 11) is 0. The van der Waals surface area contributed by atoms with Gasteiger partial charge in [-0.25, -0.2) is 0 Å². The van der Waals surface area contributed by atoms with Crippen LogP contribution in [-0.2, 0) is 11.2 Å². The second-order valence-corrected chi connectivity index (χ2v) is 5.95. The monoisotopic (exact) mass is 273 g/mol. The third kappa shape index (κ3) is 5.77. The Morgan fingerprint density at radius 2 is 1.75 bits per heavy atom. The van der Waals surface area contributed by atoms with Crippen molar-refractivity contribution in [3.63, 3.8) is 0 Å². The molecule has 1 amide bonds. The van der Waals surface area contributed by atoms with Crippen LogP contribution in [0.3, 0.4) is 0 Å². The van der Waals surface area contributed by atoms with E-state index in [9.17, 15) is 4.79 Å². The van der Waals surface area contributed by atoms with Crippen LogP contribution in [0.2, 0.25) is 0 Å². The molecule has 2 rings (SSSR count). The first-order valence-corrected chi connectivity index (χ1v) is 8.18. The Labute approximate surface area is 123 Å². The van der Waals surface area contributed by atoms with E-state index in [2.05, 4.69) is 35.6 Å². The maximum atomic E-state index is 11.8. The van der Waals surface area contributed by atoms with E-state index >= 15 is 0 Å². The molecule has 0 aromatic heterocycles. The molecule has 1 fully saturated rings. The third-order valence-electron chi connectivity index (χ3n) is 4.18. The number of benzene rings is 1. The SMILES string of the molecule is O=C(CCCCCc1ccccc1)NC1CCCCC1. The predicted octanol–water partition coefficient (Wildman–Crippen LogP) is 4.24. The maximum Gasteiger partial charge on any atom is 0.220 e. The molecule has 2 heteroatoms. The van der Waals surface area contributed by atoms with Crippen molar-refractivity contribution in [2.24, 2.45) is 0 Å². The van der Waals surface area contributed by atoms with Gasteiger partial charge in [-0.2, -0.15) is 0 Å². The van der Waals surface area contributed by atoms with Crippen LogP contribution in [0.15, 0.2) is 30.3 Å². The van der Waals surface area contributed by atoms with Gasteiger partial charge in [-0.15, -0.1) is 0 Å². The molecule has 0 heterocycles. The average Bonchev–Trinajstić information content (AvgIpc) is 2.49. The molecule has 1 saturated carbocycles. The van der Waals surface area contributed by atoms with Gasteiger partial charge in [-0.3, -0.25) is 4.79 Å². The van der Waals surface area contributed by atoms with Gasteiger partial charge >= 0.3 is 0 Å². The van der Waals surface area contributed by atoms with Crippen molar-refractivity contribution >= 4 is 5.91 Å². The molecule has 1 aromatic carbocycles. The number of carbonyl (C=O) groups is 1. The van der Waals surface area contributed by atoms with Crippen molar-refractivity contribution in [1.29, 1.82) is 0 Å². The summed E-state index contributed by atoms with van der Waals surface area (Å²) in [6, 6.07) is 11.0. The number of amides is 1. The van der Waals surface area contributed by atoms with Crippen LogP contribution >= 0.6 is 0 Å². The lowest BCUT2D eigenvalue weighted by atomic mass is 9.95. The van der Waals surface area contributed by atoms with Crippen molar-refractivity contribution in [3.8, 4) is 0 Å². The largest absolute Gasteiger partial charge is 0.353 e. The van der Waals surface area contributed by atoms with E-state index in [1.54, 1.807) is 0 Å². The van der Waals surface area contributed by atoms with Crippen LogP contribution in [0.5, 0.6) is 0 Å². The number of hydrogen-bond acceptors (Lipinski definition) is 1. The topological polar surface area (TPSA) is 29.1 Å². The lowest BCUT2D eigenvalue weighted by molar-refractivity contribution is -0.122. The minimum absolute atomic E-state index is 0.261. The minimum atomic E-state index is 0.261. The van der Waals surface area contributed by atoms with Gasteiger partial charge in [0.25, 0.3) is 0 Å². The number of nitrogens with one attached hydrogen (secondary N) is 1. The van der Waals surface area contributed by atoms with Crippen LogP contribution in [0.25, 0.3) is 0 Å². The Bertz CT molecular complexity index is 382. The standard InChI is InChI=1S/C18H27NO/c20-18(19-17-13-7-3-8-14-17)15-9-2-6-12-16-10-4-1-5-11-16/h1,4-5,10-11,17H,2-3,6-9,12-15H2,(H,19,20). The fourth-order valence-electron chi connectivity index (χ4n) is 2.98. The first kappa shape index (κ1) is 15.1. The van der Waals surface area contributed by atoms with E-state index in [4.69, 9.17) is 0 Å². The zero-order valence-corrected chi connectivity index (χ0v) is 12.4. The number of aryl methyl sites for hydroxylation is 1. The van der Waals surface area contributed by atoms with Crippen LogP contribution in [-0.4, -0.2) is 11.9 Å². The fraction of sp³-hybridized carbons (Fsp3) is 0.611. The molecule has 0 radical (unpaired) electrons. The summed E-state index contributed by atoms with van der Waals surface area (Å²) in [5.41, 5.74) is 1.40. The number of rotatable bonds is 7. The van der Waals surface area contributed by atoms with Gasteiger partial charge in [0.05, 0.1) is 0 Å². The van der Waals surface area contributed by atoms with Crippen LogP contribution in [0.4, 0.5) is 0 Å². The highest BCUT2D eigenvalue weighted by atomic mass is 16.1. The summed E-state index contributed by atoms with van der Waals surface area (Å²) in [4.78, 5) is 11.8. The molecule has 0 spiro atoms. The second kappa shape index (κ2) is 8.78. The van der Waals surface area contributed by atoms with E-state index in [0.717, 1.165) is 19.3 Å². The highest BCUT2D eigenvalue weighted by Crippen LogP contribution is 2.17. The first-order chi connectivity index (χ1) is 9.84. The molecular weight excluding hydrogens is 246 g/mol. The normalized spacial score (nSPS) is 16.0. The maximum absolute atomic E-state index is 11.8. The zero-order chi connectivity index (χ0) is 14.0. The molecule has 0 unspecified atom stereocenters. The zero-order valence-electron chi connectivity index (χ0n) is 12.4. The fourth-order valence-corrected chi connectivity index (χ4v) is 2.98. The summed E-state index contributed by atoms with van der Waals surface area (Å²) in [5.74, 6) is 0.261. The highest BCUT2D eigenvalue weighted by Gasteiger charge is 2.14. The molecular formula is C18H27NO. The summed E-state index contributed by atoms with van der Waals surface area (Å²) >= 11 is 0. The van der Waals surface area contributed by atoms with Gasteiger partial charge in [0.1, 0.15) is 0 Å². The second-order valence-electron chi connectivity index (χ2n) is 5.95. The molecule has 1 N–H and O–H groups in total. The number of carbonyl (C=O) groups excluding carboxylic acids is 1. The van der Waals surface area contributed by atoms with Crippen molar-refractivity contribution in [2.75, 3.05) is 0 Å². The summed E-state index contributed by atoms with van der Waals surface area (Å²) in [6.45, 7) is 0. The summed E-state index contributed by atoms with van der Waals surface area (Å²) < 4.78 is 0. The van der Waals surface area contributed by atoms with E-state index in [1.807, 2.05) is 0 Å². The molecule has 20 heavy (non-hydrogen) atoms. The number of unbranched alkanes of at least 4 members (excludes halogenated alkanes) is 2. The molecule has 2 nitrogen and oxygen atoms in total. The Morgan fingerprint density at radius 1 is 1.00 bits per heavy atom.